The molecule has 3 aromatic rings. The molecule has 1 heterocycles. The van der Waals surface area contributed by atoms with Crippen molar-refractivity contribution < 1.29 is 13.2 Å². The lowest BCUT2D eigenvalue weighted by Gasteiger charge is -2.31. The van der Waals surface area contributed by atoms with Gasteiger partial charge in [-0.05, 0) is 48.2 Å². The SMILES string of the molecule is Cc1ccc(S(=O)(=O)N2CCC[C@@H](C(=O)NCc3cccc4ccccc34)C2)cc1. The highest BCUT2D eigenvalue weighted by atomic mass is 32.2. The quantitative estimate of drug-likeness (QED) is 0.679. The van der Waals surface area contributed by atoms with Gasteiger partial charge in [0.15, 0.2) is 0 Å². The standard InChI is InChI=1S/C24H26N2O3S/c1-18-11-13-22(14-12-18)30(28,29)26-15-5-9-21(17-26)24(27)25-16-20-8-4-7-19-6-2-3-10-23(19)20/h2-4,6-8,10-14,21H,5,9,15-17H2,1H3,(H,25,27)/t21-/m1/s1. The molecule has 5 nitrogen and oxygen atoms in total. The molecule has 6 heteroatoms. The summed E-state index contributed by atoms with van der Waals surface area (Å²) in [5.41, 5.74) is 2.07. The number of rotatable bonds is 5. The predicted molar refractivity (Wildman–Crippen MR) is 118 cm³/mol. The van der Waals surface area contributed by atoms with Gasteiger partial charge >= 0.3 is 0 Å². The molecule has 30 heavy (non-hydrogen) atoms. The Morgan fingerprint density at radius 1 is 1.03 bits per heavy atom. The molecular formula is C24H26N2O3S. The lowest BCUT2D eigenvalue weighted by atomic mass is 9.98. The smallest absolute Gasteiger partial charge is 0.243 e. The van der Waals surface area contributed by atoms with Crippen LogP contribution in [0.25, 0.3) is 10.8 Å². The summed E-state index contributed by atoms with van der Waals surface area (Å²) in [6, 6.07) is 21.0. The van der Waals surface area contributed by atoms with E-state index in [-0.39, 0.29) is 23.3 Å². The summed E-state index contributed by atoms with van der Waals surface area (Å²) >= 11 is 0. The fourth-order valence-corrected chi connectivity index (χ4v) is 5.53. The van der Waals surface area contributed by atoms with E-state index < -0.39 is 10.0 Å². The molecule has 0 spiro atoms. The lowest BCUT2D eigenvalue weighted by Crippen LogP contribution is -2.45. The van der Waals surface area contributed by atoms with E-state index in [0.29, 0.717) is 25.9 Å². The summed E-state index contributed by atoms with van der Waals surface area (Å²) in [5.74, 6) is -0.430. The highest BCUT2D eigenvalue weighted by molar-refractivity contribution is 7.89. The fourth-order valence-electron chi connectivity index (χ4n) is 4.01. The van der Waals surface area contributed by atoms with Gasteiger partial charge in [-0.3, -0.25) is 4.79 Å². The average Bonchev–Trinajstić information content (AvgIpc) is 2.78. The number of aryl methyl sites for hydroxylation is 1. The summed E-state index contributed by atoms with van der Waals surface area (Å²) in [7, 11) is -3.59. The monoisotopic (exact) mass is 422 g/mol. The molecule has 1 aliphatic rings. The second-order valence-electron chi connectivity index (χ2n) is 7.87. The van der Waals surface area contributed by atoms with Crippen LogP contribution in [0.4, 0.5) is 0 Å². The van der Waals surface area contributed by atoms with Crippen molar-refractivity contribution >= 4 is 26.7 Å². The van der Waals surface area contributed by atoms with Crippen molar-refractivity contribution in [3.05, 3.63) is 77.9 Å². The van der Waals surface area contributed by atoms with Crippen molar-refractivity contribution in [2.45, 2.75) is 31.2 Å². The molecule has 4 rings (SSSR count). The van der Waals surface area contributed by atoms with Crippen LogP contribution in [0.2, 0.25) is 0 Å². The lowest BCUT2D eigenvalue weighted by molar-refractivity contribution is -0.126. The van der Waals surface area contributed by atoms with Crippen LogP contribution < -0.4 is 5.32 Å². The molecule has 0 aliphatic carbocycles. The van der Waals surface area contributed by atoms with Crippen LogP contribution in [-0.4, -0.2) is 31.7 Å². The molecule has 1 atom stereocenters. The van der Waals surface area contributed by atoms with Gasteiger partial charge in [-0.25, -0.2) is 8.42 Å². The Morgan fingerprint density at radius 3 is 2.57 bits per heavy atom. The number of benzene rings is 3. The third-order valence-corrected chi connectivity index (χ3v) is 7.63. The molecule has 1 amide bonds. The molecular weight excluding hydrogens is 396 g/mol. The Bertz CT molecular complexity index is 1150. The number of carbonyl (C=O) groups is 1. The van der Waals surface area contributed by atoms with Gasteiger partial charge < -0.3 is 5.32 Å². The molecule has 0 radical (unpaired) electrons. The van der Waals surface area contributed by atoms with Gasteiger partial charge in [0.05, 0.1) is 10.8 Å². The highest BCUT2D eigenvalue weighted by Crippen LogP contribution is 2.25. The normalized spacial score (nSPS) is 17.7. The number of hydrogen-bond donors (Lipinski definition) is 1. The van der Waals surface area contributed by atoms with E-state index in [1.54, 1.807) is 24.3 Å². The first-order chi connectivity index (χ1) is 14.4. The van der Waals surface area contributed by atoms with E-state index >= 15 is 0 Å². The van der Waals surface area contributed by atoms with Crippen LogP contribution in [0.5, 0.6) is 0 Å². The van der Waals surface area contributed by atoms with Crippen molar-refractivity contribution in [2.24, 2.45) is 5.92 Å². The fraction of sp³-hybridized carbons (Fsp3) is 0.292. The maximum Gasteiger partial charge on any atom is 0.243 e. The van der Waals surface area contributed by atoms with Crippen molar-refractivity contribution in [1.29, 1.82) is 0 Å². The number of piperidine rings is 1. The summed E-state index contributed by atoms with van der Waals surface area (Å²) in [6.45, 7) is 3.02. The second kappa shape index (κ2) is 8.58. The predicted octanol–water partition coefficient (Wildman–Crippen LogP) is 3.87. The Morgan fingerprint density at radius 2 is 1.77 bits per heavy atom. The Balaban J connectivity index is 1.44. The van der Waals surface area contributed by atoms with Crippen molar-refractivity contribution in [3.8, 4) is 0 Å². The van der Waals surface area contributed by atoms with Gasteiger partial charge in [0, 0.05) is 19.6 Å². The minimum absolute atomic E-state index is 0.0910. The van der Waals surface area contributed by atoms with Crippen LogP contribution in [0, 0.1) is 12.8 Å². The van der Waals surface area contributed by atoms with Gasteiger partial charge in [-0.2, -0.15) is 4.31 Å². The zero-order valence-corrected chi connectivity index (χ0v) is 17.9. The van der Waals surface area contributed by atoms with Crippen molar-refractivity contribution in [2.75, 3.05) is 13.1 Å². The van der Waals surface area contributed by atoms with E-state index in [4.69, 9.17) is 0 Å². The number of carbonyl (C=O) groups excluding carboxylic acids is 1. The summed E-state index contributed by atoms with van der Waals surface area (Å²) in [4.78, 5) is 13.1. The molecule has 1 saturated heterocycles. The van der Waals surface area contributed by atoms with Gasteiger partial charge in [0.2, 0.25) is 15.9 Å². The Kier molecular flexibility index (Phi) is 5.88. The number of hydrogen-bond acceptors (Lipinski definition) is 3. The van der Waals surface area contributed by atoms with E-state index in [1.807, 2.05) is 37.3 Å². The number of fused-ring (bicyclic) bond motifs is 1. The average molecular weight is 423 g/mol. The molecule has 0 aromatic heterocycles. The minimum atomic E-state index is -3.59. The van der Waals surface area contributed by atoms with E-state index in [2.05, 4.69) is 17.4 Å². The van der Waals surface area contributed by atoms with Crippen LogP contribution >= 0.6 is 0 Å². The first kappa shape index (κ1) is 20.6. The molecule has 3 aromatic carbocycles. The first-order valence-electron chi connectivity index (χ1n) is 10.3. The zero-order valence-electron chi connectivity index (χ0n) is 17.0. The maximum absolute atomic E-state index is 13.0. The van der Waals surface area contributed by atoms with Gasteiger partial charge in [-0.1, -0.05) is 60.2 Å². The third-order valence-electron chi connectivity index (χ3n) is 5.75. The molecule has 1 N–H and O–H groups in total. The van der Waals surface area contributed by atoms with Crippen LogP contribution in [0.15, 0.2) is 71.6 Å². The summed E-state index contributed by atoms with van der Waals surface area (Å²) in [6.07, 6.45) is 1.37. The maximum atomic E-state index is 13.0. The van der Waals surface area contributed by atoms with E-state index in [9.17, 15) is 13.2 Å². The molecule has 0 saturated carbocycles. The molecule has 1 fully saturated rings. The minimum Gasteiger partial charge on any atom is -0.352 e. The van der Waals surface area contributed by atoms with Crippen LogP contribution in [0.3, 0.4) is 0 Å². The van der Waals surface area contributed by atoms with Crippen molar-refractivity contribution in [3.63, 3.8) is 0 Å². The van der Waals surface area contributed by atoms with Gasteiger partial charge in [0.25, 0.3) is 0 Å². The Hall–Kier alpha value is -2.70. The van der Waals surface area contributed by atoms with Gasteiger partial charge in [0.1, 0.15) is 0 Å². The zero-order chi connectivity index (χ0) is 21.1. The summed E-state index contributed by atoms with van der Waals surface area (Å²) in [5, 5.41) is 5.27. The molecule has 156 valence electrons. The van der Waals surface area contributed by atoms with Crippen LogP contribution in [0.1, 0.15) is 24.0 Å². The second-order valence-corrected chi connectivity index (χ2v) is 9.81. The third kappa shape index (κ3) is 4.25. The van der Waals surface area contributed by atoms with Crippen molar-refractivity contribution in [1.82, 2.24) is 9.62 Å². The van der Waals surface area contributed by atoms with Crippen LogP contribution in [-0.2, 0) is 21.4 Å². The highest BCUT2D eigenvalue weighted by Gasteiger charge is 2.33. The number of nitrogens with one attached hydrogen (secondary N) is 1. The van der Waals surface area contributed by atoms with E-state index in [0.717, 1.165) is 21.9 Å². The summed E-state index contributed by atoms with van der Waals surface area (Å²) < 4.78 is 27.4. The molecule has 1 aliphatic heterocycles. The Labute approximate surface area is 177 Å². The van der Waals surface area contributed by atoms with E-state index in [1.165, 1.54) is 4.31 Å². The topological polar surface area (TPSA) is 66.5 Å². The largest absolute Gasteiger partial charge is 0.352 e. The number of amides is 1. The van der Waals surface area contributed by atoms with Gasteiger partial charge in [-0.15, -0.1) is 0 Å². The first-order valence-corrected chi connectivity index (χ1v) is 11.7. The number of nitrogens with zero attached hydrogens (tertiary/aromatic N) is 1. The molecule has 0 bridgehead atoms. The number of sulfonamides is 1. The molecule has 0 unspecified atom stereocenters.